The fourth-order valence-corrected chi connectivity index (χ4v) is 3.11. The average Bonchev–Trinajstić information content (AvgIpc) is 3.22. The highest BCUT2D eigenvalue weighted by Gasteiger charge is 2.51. The second-order valence-electron chi connectivity index (χ2n) is 7.06. The van der Waals surface area contributed by atoms with Gasteiger partial charge in [-0.1, -0.05) is 0 Å². The molecule has 2 fully saturated rings. The van der Waals surface area contributed by atoms with Crippen molar-refractivity contribution in [2.45, 2.75) is 69.7 Å². The van der Waals surface area contributed by atoms with Crippen molar-refractivity contribution in [1.82, 2.24) is 0 Å². The fourth-order valence-electron chi connectivity index (χ4n) is 3.11. The smallest absolute Gasteiger partial charge is 0.457 e. The standard InChI is InChI=1S/C16H24N2O13/c1-9(2)28-16(20)30-12-8-26-14-11(7-25-15(12)14)29-13(19)5-3-4-10(31-18(23)24)6-27-17(21)22/h9-12,14-15H,3-8H2,1-2H3/t10?,11-,12-,14-,15-/m1/s1. The zero-order valence-electron chi connectivity index (χ0n) is 16.9. The van der Waals surface area contributed by atoms with Gasteiger partial charge in [-0.15, -0.1) is 20.2 Å². The van der Waals surface area contributed by atoms with Crippen LogP contribution in [0.2, 0.25) is 0 Å². The molecule has 5 atom stereocenters. The van der Waals surface area contributed by atoms with Gasteiger partial charge >= 0.3 is 12.1 Å². The molecular formula is C16H24N2O13. The zero-order valence-corrected chi connectivity index (χ0v) is 16.9. The van der Waals surface area contributed by atoms with Crippen molar-refractivity contribution in [3.05, 3.63) is 20.2 Å². The molecule has 0 aromatic heterocycles. The van der Waals surface area contributed by atoms with E-state index in [1.807, 2.05) is 0 Å². The lowest BCUT2D eigenvalue weighted by Gasteiger charge is -2.18. The third-order valence-electron chi connectivity index (χ3n) is 4.33. The van der Waals surface area contributed by atoms with Crippen molar-refractivity contribution < 1.29 is 53.1 Å². The van der Waals surface area contributed by atoms with Crippen molar-refractivity contribution in [2.24, 2.45) is 0 Å². The van der Waals surface area contributed by atoms with Crippen LogP contribution in [0.5, 0.6) is 0 Å². The maximum absolute atomic E-state index is 12.1. The molecule has 15 nitrogen and oxygen atoms in total. The highest BCUT2D eigenvalue weighted by Crippen LogP contribution is 2.31. The van der Waals surface area contributed by atoms with Crippen molar-refractivity contribution in [1.29, 1.82) is 0 Å². The van der Waals surface area contributed by atoms with Gasteiger partial charge in [0.2, 0.25) is 0 Å². The molecule has 2 heterocycles. The molecule has 15 heteroatoms. The largest absolute Gasteiger partial charge is 0.508 e. The van der Waals surface area contributed by atoms with Crippen LogP contribution in [-0.4, -0.2) is 78.7 Å². The molecule has 1 unspecified atom stereocenters. The number of rotatable bonds is 12. The average molecular weight is 452 g/mol. The normalized spacial score (nSPS) is 25.4. The highest BCUT2D eigenvalue weighted by molar-refractivity contribution is 5.69. The second-order valence-corrected chi connectivity index (χ2v) is 7.06. The predicted molar refractivity (Wildman–Crippen MR) is 94.5 cm³/mol. The Morgan fingerprint density at radius 3 is 2.19 bits per heavy atom. The second kappa shape index (κ2) is 11.5. The molecule has 0 spiro atoms. The number of ether oxygens (including phenoxy) is 5. The van der Waals surface area contributed by atoms with Crippen LogP contribution in [0.15, 0.2) is 0 Å². The number of fused-ring (bicyclic) bond motifs is 1. The lowest BCUT2D eigenvalue weighted by Crippen LogP contribution is -2.36. The van der Waals surface area contributed by atoms with E-state index in [1.165, 1.54) is 0 Å². The summed E-state index contributed by atoms with van der Waals surface area (Å²) in [5, 5.41) is 18.5. The molecule has 0 aliphatic carbocycles. The molecule has 0 aromatic rings. The quantitative estimate of drug-likeness (QED) is 0.228. The van der Waals surface area contributed by atoms with E-state index >= 15 is 0 Å². The fraction of sp³-hybridized carbons (Fsp3) is 0.875. The summed E-state index contributed by atoms with van der Waals surface area (Å²) in [6.07, 6.45) is -5.06. The number of carbonyl (C=O) groups is 2. The summed E-state index contributed by atoms with van der Waals surface area (Å²) in [4.78, 5) is 52.7. The van der Waals surface area contributed by atoms with Gasteiger partial charge in [0.05, 0.1) is 19.3 Å². The van der Waals surface area contributed by atoms with E-state index in [0.717, 1.165) is 0 Å². The molecule has 0 amide bonds. The Morgan fingerprint density at radius 1 is 1.03 bits per heavy atom. The zero-order chi connectivity index (χ0) is 23.0. The Bertz CT molecular complexity index is 657. The number of nitrogens with zero attached hydrogens (tertiary/aromatic N) is 2. The summed E-state index contributed by atoms with van der Waals surface area (Å²) in [7, 11) is 0. The molecule has 0 bridgehead atoms. The van der Waals surface area contributed by atoms with Crippen LogP contribution in [-0.2, 0) is 38.2 Å². The van der Waals surface area contributed by atoms with E-state index in [4.69, 9.17) is 23.7 Å². The minimum absolute atomic E-state index is 0.0402. The van der Waals surface area contributed by atoms with Gasteiger partial charge in [-0.25, -0.2) is 4.79 Å². The third-order valence-corrected chi connectivity index (χ3v) is 4.33. The molecule has 0 N–H and O–H groups in total. The van der Waals surface area contributed by atoms with Crippen LogP contribution in [0.3, 0.4) is 0 Å². The maximum atomic E-state index is 12.1. The molecule has 2 rings (SSSR count). The van der Waals surface area contributed by atoms with Crippen molar-refractivity contribution >= 4 is 12.1 Å². The van der Waals surface area contributed by atoms with Gasteiger partial charge in [-0.05, 0) is 26.7 Å². The van der Waals surface area contributed by atoms with Crippen LogP contribution >= 0.6 is 0 Å². The first-order valence-electron chi connectivity index (χ1n) is 9.54. The summed E-state index contributed by atoms with van der Waals surface area (Å²) in [5.41, 5.74) is 0. The molecule has 31 heavy (non-hydrogen) atoms. The van der Waals surface area contributed by atoms with Crippen LogP contribution in [0.1, 0.15) is 33.1 Å². The molecule has 2 saturated heterocycles. The molecule has 2 aliphatic rings. The summed E-state index contributed by atoms with van der Waals surface area (Å²) < 4.78 is 26.5. The Hall–Kier alpha value is -2.94. The van der Waals surface area contributed by atoms with Crippen molar-refractivity contribution in [3.63, 3.8) is 0 Å². The van der Waals surface area contributed by atoms with Gasteiger partial charge in [-0.2, -0.15) is 0 Å². The minimum Gasteiger partial charge on any atom is -0.457 e. The molecule has 2 aliphatic heterocycles. The molecule has 0 aromatic carbocycles. The minimum atomic E-state index is -1.20. The maximum Gasteiger partial charge on any atom is 0.508 e. The van der Waals surface area contributed by atoms with Gasteiger partial charge < -0.3 is 33.4 Å². The van der Waals surface area contributed by atoms with E-state index in [2.05, 4.69) is 9.68 Å². The van der Waals surface area contributed by atoms with Gasteiger partial charge in [0.15, 0.2) is 12.2 Å². The van der Waals surface area contributed by atoms with Crippen LogP contribution in [0.4, 0.5) is 4.79 Å². The SMILES string of the molecule is CC(C)OC(=O)O[C@@H]1CO[C@H]2[C@@H]1OC[C@H]2OC(=O)CCCC(CO[N+](=O)[O-])O[N+](=O)[O-]. The van der Waals surface area contributed by atoms with Crippen molar-refractivity contribution in [3.8, 4) is 0 Å². The molecule has 0 radical (unpaired) electrons. The Morgan fingerprint density at radius 2 is 1.65 bits per heavy atom. The number of carbonyl (C=O) groups excluding carboxylic acids is 2. The molecule has 176 valence electrons. The first kappa shape index (κ1) is 24.3. The lowest BCUT2D eigenvalue weighted by molar-refractivity contribution is -0.790. The van der Waals surface area contributed by atoms with E-state index in [1.54, 1.807) is 13.8 Å². The lowest BCUT2D eigenvalue weighted by atomic mass is 10.1. The van der Waals surface area contributed by atoms with Crippen molar-refractivity contribution in [2.75, 3.05) is 19.8 Å². The molecular weight excluding hydrogens is 428 g/mol. The van der Waals surface area contributed by atoms with Gasteiger partial charge in [-0.3, -0.25) is 4.79 Å². The van der Waals surface area contributed by atoms with Gasteiger partial charge in [0.25, 0.3) is 10.2 Å². The summed E-state index contributed by atoms with van der Waals surface area (Å²) in [6, 6.07) is 0. The highest BCUT2D eigenvalue weighted by atomic mass is 17.0. The summed E-state index contributed by atoms with van der Waals surface area (Å²) >= 11 is 0. The number of esters is 1. The van der Waals surface area contributed by atoms with Crippen LogP contribution in [0, 0.1) is 20.2 Å². The first-order valence-corrected chi connectivity index (χ1v) is 9.54. The number of hydrogen-bond acceptors (Lipinski definition) is 13. The van der Waals surface area contributed by atoms with Gasteiger partial charge in [0.1, 0.15) is 24.9 Å². The van der Waals surface area contributed by atoms with Crippen LogP contribution in [0.25, 0.3) is 0 Å². The van der Waals surface area contributed by atoms with Crippen LogP contribution < -0.4 is 0 Å². The molecule has 0 saturated carbocycles. The topological polar surface area (TPSA) is 185 Å². The monoisotopic (exact) mass is 452 g/mol. The first-order chi connectivity index (χ1) is 14.7. The van der Waals surface area contributed by atoms with E-state index in [9.17, 15) is 29.8 Å². The summed E-state index contributed by atoms with van der Waals surface area (Å²) in [5.74, 6) is -0.614. The Kier molecular flexibility index (Phi) is 8.99. The van der Waals surface area contributed by atoms with E-state index in [-0.39, 0.29) is 38.6 Å². The van der Waals surface area contributed by atoms with E-state index in [0.29, 0.717) is 0 Å². The Balaban J connectivity index is 1.73. The Labute approximate surface area is 176 Å². The summed E-state index contributed by atoms with van der Waals surface area (Å²) in [6.45, 7) is 2.82. The van der Waals surface area contributed by atoms with Gasteiger partial charge in [0, 0.05) is 6.42 Å². The van der Waals surface area contributed by atoms with E-state index < -0.39 is 59.4 Å². The predicted octanol–water partition coefficient (Wildman–Crippen LogP) is 0.581. The number of hydrogen-bond donors (Lipinski definition) is 0. The third kappa shape index (κ3) is 8.01.